The molecule has 3 aromatic rings. The molecule has 0 saturated heterocycles. The van der Waals surface area contributed by atoms with Gasteiger partial charge < -0.3 is 11.1 Å². The molecule has 1 amide bonds. The molecule has 0 spiro atoms. The molecule has 0 fully saturated rings. The molecule has 4 heteroatoms. The van der Waals surface area contributed by atoms with Crippen molar-refractivity contribution < 1.29 is 4.79 Å². The monoisotopic (exact) mass is 294 g/mol. The van der Waals surface area contributed by atoms with Crippen LogP contribution >= 0.6 is 11.3 Å². The number of thiophene rings is 1. The van der Waals surface area contributed by atoms with Gasteiger partial charge in [0.25, 0.3) is 0 Å². The van der Waals surface area contributed by atoms with E-state index >= 15 is 0 Å². The molecule has 21 heavy (non-hydrogen) atoms. The van der Waals surface area contributed by atoms with Crippen molar-refractivity contribution >= 4 is 44.8 Å². The zero-order valence-corrected chi connectivity index (χ0v) is 12.1. The molecule has 0 aliphatic rings. The molecule has 0 atom stereocenters. The zero-order chi connectivity index (χ0) is 14.7. The molecule has 2 aromatic carbocycles. The van der Waals surface area contributed by atoms with Gasteiger partial charge in [0.1, 0.15) is 0 Å². The summed E-state index contributed by atoms with van der Waals surface area (Å²) in [5.74, 6) is -0.151. The number of hydrogen-bond donors (Lipinski definition) is 2. The standard InChI is InChI=1S/C17H14N2OS/c18-14-4-1-12(2-5-14)3-8-17(20)19-15-6-7-16-13(11-15)9-10-21-16/h1-11H,18H2,(H,19,20)/b8-3+. The van der Waals surface area contributed by atoms with E-state index in [2.05, 4.69) is 5.32 Å². The van der Waals surface area contributed by atoms with E-state index in [0.29, 0.717) is 5.69 Å². The second-order valence-corrected chi connectivity index (χ2v) is 5.61. The van der Waals surface area contributed by atoms with Crippen molar-refractivity contribution in [3.63, 3.8) is 0 Å². The summed E-state index contributed by atoms with van der Waals surface area (Å²) < 4.78 is 1.21. The molecular formula is C17H14N2OS. The van der Waals surface area contributed by atoms with Crippen LogP contribution in [0.25, 0.3) is 16.2 Å². The average Bonchev–Trinajstić information content (AvgIpc) is 2.94. The minimum atomic E-state index is -0.151. The van der Waals surface area contributed by atoms with Crippen LogP contribution in [0, 0.1) is 0 Å². The number of nitrogens with one attached hydrogen (secondary N) is 1. The molecule has 3 nitrogen and oxygen atoms in total. The highest BCUT2D eigenvalue weighted by Gasteiger charge is 2.00. The van der Waals surface area contributed by atoms with Crippen LogP contribution in [-0.4, -0.2) is 5.91 Å². The number of amides is 1. The number of fused-ring (bicyclic) bond motifs is 1. The molecule has 0 saturated carbocycles. The van der Waals surface area contributed by atoms with Crippen molar-refractivity contribution in [2.45, 2.75) is 0 Å². The van der Waals surface area contributed by atoms with Crippen molar-refractivity contribution in [2.24, 2.45) is 0 Å². The lowest BCUT2D eigenvalue weighted by Gasteiger charge is -2.02. The van der Waals surface area contributed by atoms with Crippen LogP contribution in [0.15, 0.2) is 60.0 Å². The van der Waals surface area contributed by atoms with Crippen molar-refractivity contribution in [3.8, 4) is 0 Å². The Kier molecular flexibility index (Phi) is 3.71. The molecule has 0 radical (unpaired) electrons. The largest absolute Gasteiger partial charge is 0.399 e. The molecule has 0 aliphatic heterocycles. The van der Waals surface area contributed by atoms with E-state index in [1.807, 2.05) is 53.9 Å². The number of nitrogens with two attached hydrogens (primary N) is 1. The van der Waals surface area contributed by atoms with Gasteiger partial charge in [0.15, 0.2) is 0 Å². The van der Waals surface area contributed by atoms with Crippen LogP contribution in [0.3, 0.4) is 0 Å². The minimum Gasteiger partial charge on any atom is -0.399 e. The highest BCUT2D eigenvalue weighted by molar-refractivity contribution is 7.17. The van der Waals surface area contributed by atoms with Gasteiger partial charge in [-0.2, -0.15) is 0 Å². The lowest BCUT2D eigenvalue weighted by Crippen LogP contribution is -2.07. The van der Waals surface area contributed by atoms with Crippen molar-refractivity contribution in [1.82, 2.24) is 0 Å². The number of benzene rings is 2. The lowest BCUT2D eigenvalue weighted by atomic mass is 10.2. The van der Waals surface area contributed by atoms with Crippen molar-refractivity contribution in [3.05, 3.63) is 65.6 Å². The lowest BCUT2D eigenvalue weighted by molar-refractivity contribution is -0.111. The van der Waals surface area contributed by atoms with Gasteiger partial charge in [0.2, 0.25) is 5.91 Å². The van der Waals surface area contributed by atoms with Gasteiger partial charge in [-0.1, -0.05) is 12.1 Å². The molecule has 1 heterocycles. The first-order valence-corrected chi connectivity index (χ1v) is 7.40. The van der Waals surface area contributed by atoms with E-state index in [0.717, 1.165) is 16.6 Å². The Morgan fingerprint density at radius 2 is 1.90 bits per heavy atom. The zero-order valence-electron chi connectivity index (χ0n) is 11.2. The summed E-state index contributed by atoms with van der Waals surface area (Å²) >= 11 is 1.69. The van der Waals surface area contributed by atoms with E-state index in [9.17, 15) is 4.79 Å². The number of carbonyl (C=O) groups excluding carboxylic acids is 1. The smallest absolute Gasteiger partial charge is 0.248 e. The maximum Gasteiger partial charge on any atom is 0.248 e. The third kappa shape index (κ3) is 3.30. The fourth-order valence-electron chi connectivity index (χ4n) is 2.01. The number of nitrogen functional groups attached to an aromatic ring is 1. The summed E-state index contributed by atoms with van der Waals surface area (Å²) in [4.78, 5) is 11.9. The van der Waals surface area contributed by atoms with E-state index < -0.39 is 0 Å². The van der Waals surface area contributed by atoms with Gasteiger partial charge in [0, 0.05) is 22.2 Å². The first-order chi connectivity index (χ1) is 10.2. The van der Waals surface area contributed by atoms with E-state index in [1.165, 1.54) is 10.8 Å². The highest BCUT2D eigenvalue weighted by Crippen LogP contribution is 2.23. The highest BCUT2D eigenvalue weighted by atomic mass is 32.1. The third-order valence-corrected chi connectivity index (χ3v) is 3.98. The molecule has 1 aromatic heterocycles. The van der Waals surface area contributed by atoms with Crippen LogP contribution in [-0.2, 0) is 4.79 Å². The van der Waals surface area contributed by atoms with Gasteiger partial charge in [-0.05, 0) is 58.8 Å². The maximum absolute atomic E-state index is 11.9. The molecule has 0 unspecified atom stereocenters. The quantitative estimate of drug-likeness (QED) is 0.563. The summed E-state index contributed by atoms with van der Waals surface area (Å²) in [6, 6.07) is 15.3. The number of carbonyl (C=O) groups is 1. The Morgan fingerprint density at radius 1 is 1.10 bits per heavy atom. The van der Waals surface area contributed by atoms with Crippen LogP contribution in [0.4, 0.5) is 11.4 Å². The van der Waals surface area contributed by atoms with Crippen LogP contribution in [0.2, 0.25) is 0 Å². The first kappa shape index (κ1) is 13.4. The van der Waals surface area contributed by atoms with Crippen LogP contribution in [0.1, 0.15) is 5.56 Å². The Bertz CT molecular complexity index is 803. The minimum absolute atomic E-state index is 0.151. The molecule has 104 valence electrons. The first-order valence-electron chi connectivity index (χ1n) is 6.52. The summed E-state index contributed by atoms with van der Waals surface area (Å²) in [5, 5.41) is 6.04. The molecule has 0 aliphatic carbocycles. The molecule has 0 bridgehead atoms. The number of rotatable bonds is 3. The summed E-state index contributed by atoms with van der Waals surface area (Å²) in [6.45, 7) is 0. The van der Waals surface area contributed by atoms with Gasteiger partial charge in [-0.15, -0.1) is 11.3 Å². The number of anilines is 2. The van der Waals surface area contributed by atoms with Crippen molar-refractivity contribution in [1.29, 1.82) is 0 Å². The van der Waals surface area contributed by atoms with Crippen LogP contribution in [0.5, 0.6) is 0 Å². The normalized spacial score (nSPS) is 11.0. The predicted molar refractivity (Wildman–Crippen MR) is 90.3 cm³/mol. The Labute approximate surface area is 126 Å². The predicted octanol–water partition coefficient (Wildman–Crippen LogP) is 4.14. The van der Waals surface area contributed by atoms with Gasteiger partial charge >= 0.3 is 0 Å². The fraction of sp³-hybridized carbons (Fsp3) is 0. The van der Waals surface area contributed by atoms with Crippen LogP contribution < -0.4 is 11.1 Å². The molecule has 3 N–H and O–H groups in total. The van der Waals surface area contributed by atoms with Crippen molar-refractivity contribution in [2.75, 3.05) is 11.1 Å². The summed E-state index contributed by atoms with van der Waals surface area (Å²) in [5.41, 5.74) is 8.06. The fourth-order valence-corrected chi connectivity index (χ4v) is 2.78. The average molecular weight is 294 g/mol. The Hall–Kier alpha value is -2.59. The van der Waals surface area contributed by atoms with Gasteiger partial charge in [-0.3, -0.25) is 4.79 Å². The van der Waals surface area contributed by atoms with Gasteiger partial charge in [-0.25, -0.2) is 0 Å². The Morgan fingerprint density at radius 3 is 2.71 bits per heavy atom. The molecule has 3 rings (SSSR count). The third-order valence-electron chi connectivity index (χ3n) is 3.08. The van der Waals surface area contributed by atoms with E-state index in [4.69, 9.17) is 5.73 Å². The summed E-state index contributed by atoms with van der Waals surface area (Å²) in [7, 11) is 0. The SMILES string of the molecule is Nc1ccc(/C=C/C(=O)Nc2ccc3sccc3c2)cc1. The van der Waals surface area contributed by atoms with Gasteiger partial charge in [0.05, 0.1) is 0 Å². The van der Waals surface area contributed by atoms with E-state index in [1.54, 1.807) is 17.4 Å². The summed E-state index contributed by atoms with van der Waals surface area (Å²) in [6.07, 6.45) is 3.28. The number of hydrogen-bond acceptors (Lipinski definition) is 3. The second-order valence-electron chi connectivity index (χ2n) is 4.66. The second kappa shape index (κ2) is 5.81. The van der Waals surface area contributed by atoms with E-state index in [-0.39, 0.29) is 5.91 Å². The topological polar surface area (TPSA) is 55.1 Å². The molecular weight excluding hydrogens is 280 g/mol. The Balaban J connectivity index is 1.69. The maximum atomic E-state index is 11.9.